The molecule has 0 aromatic heterocycles. The van der Waals surface area contributed by atoms with E-state index in [1.807, 2.05) is 0 Å². The monoisotopic (exact) mass is 306 g/mol. The van der Waals surface area contributed by atoms with Crippen LogP contribution in [0.4, 0.5) is 18.0 Å². The smallest absolute Gasteiger partial charge is 0.430 e. The number of carbonyl (C=O) groups is 1. The average molecular weight is 306 g/mol. The summed E-state index contributed by atoms with van der Waals surface area (Å²) in [4.78, 5) is 11.7. The maximum absolute atomic E-state index is 13.1. The highest BCUT2D eigenvalue weighted by Crippen LogP contribution is 2.52. The van der Waals surface area contributed by atoms with Crippen LogP contribution in [0.15, 0.2) is 12.2 Å². The Labute approximate surface area is 120 Å². The van der Waals surface area contributed by atoms with Gasteiger partial charge in [-0.15, -0.1) is 0 Å². The van der Waals surface area contributed by atoms with Crippen LogP contribution in [0.1, 0.15) is 25.7 Å². The lowest BCUT2D eigenvalue weighted by molar-refractivity contribution is -0.209. The molecule has 7 heteroatoms. The first-order valence-electron chi connectivity index (χ1n) is 7.19. The number of carbonyl (C=O) groups excluding carboxylic acids is 1. The van der Waals surface area contributed by atoms with Gasteiger partial charge in [-0.25, -0.2) is 4.79 Å². The quantitative estimate of drug-likeness (QED) is 0.579. The highest BCUT2D eigenvalue weighted by atomic mass is 19.4. The van der Waals surface area contributed by atoms with Crippen molar-refractivity contribution in [2.45, 2.75) is 44.3 Å². The molecular formula is C14H17F3O4. The van der Waals surface area contributed by atoms with Gasteiger partial charge in [0.2, 0.25) is 6.29 Å². The van der Waals surface area contributed by atoms with Gasteiger partial charge in [0.05, 0.1) is 12.5 Å². The lowest BCUT2D eigenvalue weighted by Gasteiger charge is -2.30. The summed E-state index contributed by atoms with van der Waals surface area (Å²) < 4.78 is 54.4. The molecule has 5 unspecified atom stereocenters. The number of alkyl halides is 3. The van der Waals surface area contributed by atoms with Gasteiger partial charge in [-0.2, -0.15) is 13.2 Å². The summed E-state index contributed by atoms with van der Waals surface area (Å²) in [7, 11) is 0. The normalized spacial score (nSPS) is 38.5. The summed E-state index contributed by atoms with van der Waals surface area (Å²) in [5.41, 5.74) is 0. The Balaban J connectivity index is 1.60. The van der Waals surface area contributed by atoms with E-state index in [9.17, 15) is 18.0 Å². The van der Waals surface area contributed by atoms with Crippen molar-refractivity contribution in [3.8, 4) is 0 Å². The molecule has 4 nitrogen and oxygen atoms in total. The molecule has 0 aromatic carbocycles. The Hall–Kier alpha value is -1.24. The number of fused-ring (bicyclic) bond motifs is 2. The zero-order chi connectivity index (χ0) is 15.0. The minimum Gasteiger partial charge on any atom is -0.430 e. The first-order chi connectivity index (χ1) is 9.95. The molecule has 2 aliphatic carbocycles. The Bertz CT molecular complexity index is 428. The lowest BCUT2D eigenvalue weighted by Crippen LogP contribution is -2.40. The van der Waals surface area contributed by atoms with Gasteiger partial charge >= 0.3 is 12.3 Å². The second-order valence-electron chi connectivity index (χ2n) is 5.76. The number of ether oxygens (including phenoxy) is 3. The summed E-state index contributed by atoms with van der Waals surface area (Å²) in [5.74, 6) is -2.60. The summed E-state index contributed by atoms with van der Waals surface area (Å²) in [6, 6.07) is 0. The van der Waals surface area contributed by atoms with Crippen LogP contribution in [0.3, 0.4) is 0 Å². The number of hydrogen-bond acceptors (Lipinski definition) is 4. The number of halogens is 3. The molecule has 1 saturated heterocycles. The van der Waals surface area contributed by atoms with Gasteiger partial charge in [-0.3, -0.25) is 0 Å². The molecule has 0 N–H and O–H groups in total. The van der Waals surface area contributed by atoms with Crippen LogP contribution < -0.4 is 0 Å². The highest BCUT2D eigenvalue weighted by Gasteiger charge is 2.59. The van der Waals surface area contributed by atoms with Crippen molar-refractivity contribution in [2.75, 3.05) is 6.61 Å². The van der Waals surface area contributed by atoms with Crippen LogP contribution in [-0.2, 0) is 14.2 Å². The summed E-state index contributed by atoms with van der Waals surface area (Å²) in [6.45, 7) is 0.486. The van der Waals surface area contributed by atoms with Crippen molar-refractivity contribution >= 4 is 6.16 Å². The molecule has 2 fully saturated rings. The molecule has 0 spiro atoms. The Kier molecular flexibility index (Phi) is 3.86. The zero-order valence-corrected chi connectivity index (χ0v) is 11.3. The third-order valence-corrected chi connectivity index (χ3v) is 4.36. The van der Waals surface area contributed by atoms with Crippen molar-refractivity contribution in [1.29, 1.82) is 0 Å². The van der Waals surface area contributed by atoms with Crippen molar-refractivity contribution in [3.63, 3.8) is 0 Å². The minimum atomic E-state index is -4.38. The van der Waals surface area contributed by atoms with E-state index < -0.39 is 36.6 Å². The first-order valence-corrected chi connectivity index (χ1v) is 7.19. The molecular weight excluding hydrogens is 289 g/mol. The lowest BCUT2D eigenvalue weighted by atomic mass is 9.90. The van der Waals surface area contributed by atoms with Crippen molar-refractivity contribution < 1.29 is 32.2 Å². The first kappa shape index (κ1) is 14.7. The van der Waals surface area contributed by atoms with E-state index in [2.05, 4.69) is 0 Å². The van der Waals surface area contributed by atoms with E-state index in [0.717, 1.165) is 12.8 Å². The summed E-state index contributed by atoms with van der Waals surface area (Å²) in [5, 5.41) is 0. The highest BCUT2D eigenvalue weighted by molar-refractivity contribution is 5.60. The molecule has 1 saturated carbocycles. The van der Waals surface area contributed by atoms with Gasteiger partial charge in [-0.1, -0.05) is 12.2 Å². The second-order valence-corrected chi connectivity index (χ2v) is 5.76. The predicted octanol–water partition coefficient (Wildman–Crippen LogP) is 3.42. The van der Waals surface area contributed by atoms with Crippen LogP contribution in [0.5, 0.6) is 0 Å². The maximum atomic E-state index is 13.1. The maximum Gasteiger partial charge on any atom is 0.510 e. The third-order valence-electron chi connectivity index (χ3n) is 4.36. The molecule has 0 radical (unpaired) electrons. The predicted molar refractivity (Wildman–Crippen MR) is 65.2 cm³/mol. The van der Waals surface area contributed by atoms with Crippen LogP contribution in [-0.4, -0.2) is 31.3 Å². The van der Waals surface area contributed by atoms with Gasteiger partial charge in [0, 0.05) is 12.3 Å². The van der Waals surface area contributed by atoms with Gasteiger partial charge in [0.1, 0.15) is 6.10 Å². The molecule has 21 heavy (non-hydrogen) atoms. The molecule has 3 rings (SSSR count). The van der Waals surface area contributed by atoms with E-state index in [-0.39, 0.29) is 5.92 Å². The molecule has 118 valence electrons. The summed E-state index contributed by atoms with van der Waals surface area (Å²) in [6.07, 6.45) is -1.39. The van der Waals surface area contributed by atoms with E-state index >= 15 is 0 Å². The number of hydrogen-bond donors (Lipinski definition) is 0. The molecule has 1 aliphatic heterocycles. The van der Waals surface area contributed by atoms with E-state index in [1.165, 1.54) is 0 Å². The molecule has 1 heterocycles. The summed E-state index contributed by atoms with van der Waals surface area (Å²) >= 11 is 0. The van der Waals surface area contributed by atoms with E-state index in [4.69, 9.17) is 14.2 Å². The van der Waals surface area contributed by atoms with Gasteiger partial charge in [0.15, 0.2) is 0 Å². The standard InChI is InChI=1S/C14H17F3O4/c15-14(16,17)11-8-4-5-9(7-8)12(11)21-13(18)20-10-3-1-2-6-19-10/h4-5,8-12H,1-3,6-7H2. The Morgan fingerprint density at radius 2 is 1.90 bits per heavy atom. The van der Waals surface area contributed by atoms with Crippen LogP contribution >= 0.6 is 0 Å². The minimum absolute atomic E-state index is 0.374. The van der Waals surface area contributed by atoms with E-state index in [0.29, 0.717) is 19.4 Å². The van der Waals surface area contributed by atoms with Gasteiger partial charge < -0.3 is 14.2 Å². The van der Waals surface area contributed by atoms with Gasteiger partial charge in [-0.05, 0) is 25.2 Å². The fraction of sp³-hybridized carbons (Fsp3) is 0.786. The second kappa shape index (κ2) is 5.51. The SMILES string of the molecule is O=C(OC1CCCCO1)OC1C2C=CC(C2)C1C(F)(F)F. The number of rotatable bonds is 2. The molecule has 5 atom stereocenters. The van der Waals surface area contributed by atoms with Crippen LogP contribution in [0.25, 0.3) is 0 Å². The van der Waals surface area contributed by atoms with Gasteiger partial charge in [0.25, 0.3) is 0 Å². The van der Waals surface area contributed by atoms with Crippen molar-refractivity contribution in [1.82, 2.24) is 0 Å². The van der Waals surface area contributed by atoms with E-state index in [1.54, 1.807) is 12.2 Å². The molecule has 0 aromatic rings. The van der Waals surface area contributed by atoms with Crippen LogP contribution in [0.2, 0.25) is 0 Å². The molecule has 2 bridgehead atoms. The van der Waals surface area contributed by atoms with Crippen molar-refractivity contribution in [2.24, 2.45) is 17.8 Å². The topological polar surface area (TPSA) is 44.8 Å². The number of allylic oxidation sites excluding steroid dienone is 1. The Morgan fingerprint density at radius 3 is 2.57 bits per heavy atom. The molecule has 3 aliphatic rings. The Morgan fingerprint density at radius 1 is 1.14 bits per heavy atom. The fourth-order valence-corrected chi connectivity index (χ4v) is 3.42. The third kappa shape index (κ3) is 3.02. The van der Waals surface area contributed by atoms with Crippen molar-refractivity contribution in [3.05, 3.63) is 12.2 Å². The average Bonchev–Trinajstić information content (AvgIpc) is 2.99. The largest absolute Gasteiger partial charge is 0.510 e. The zero-order valence-electron chi connectivity index (χ0n) is 11.3. The van der Waals surface area contributed by atoms with Crippen LogP contribution in [0, 0.1) is 17.8 Å². The molecule has 0 amide bonds. The fourth-order valence-electron chi connectivity index (χ4n) is 3.42.